The second-order valence-corrected chi connectivity index (χ2v) is 16.8. The second-order valence-electron chi connectivity index (χ2n) is 16.8. The first-order valence-electron chi connectivity index (χ1n) is 20.9. The van der Waals surface area contributed by atoms with Gasteiger partial charge in [0.05, 0.1) is 11.1 Å². The maximum atomic E-state index is 6.95. The summed E-state index contributed by atoms with van der Waals surface area (Å²) in [6.07, 6.45) is 0. The summed E-state index contributed by atoms with van der Waals surface area (Å²) in [5.41, 5.74) is 15.9. The van der Waals surface area contributed by atoms with Gasteiger partial charge >= 0.3 is 0 Å². The Morgan fingerprint density at radius 2 is 0.705 bits per heavy atom. The molecular formula is C56H45N3O2. The lowest BCUT2D eigenvalue weighted by molar-refractivity contribution is 0.662. The van der Waals surface area contributed by atoms with Crippen molar-refractivity contribution in [2.75, 3.05) is 28.8 Å². The average molecular weight is 792 g/mol. The summed E-state index contributed by atoms with van der Waals surface area (Å²) in [4.78, 5) is 6.78. The molecule has 9 aromatic carbocycles. The molecule has 0 atom stereocenters. The number of aryl methyl sites for hydroxylation is 4. The lowest BCUT2D eigenvalue weighted by atomic mass is 10.0. The van der Waals surface area contributed by atoms with Crippen LogP contribution >= 0.6 is 0 Å². The number of fused-ring (bicyclic) bond motifs is 9. The van der Waals surface area contributed by atoms with Gasteiger partial charge in [-0.05, 0) is 152 Å². The van der Waals surface area contributed by atoms with Crippen LogP contribution in [0.1, 0.15) is 22.3 Å². The number of anilines is 7. The monoisotopic (exact) mass is 791 g/mol. The Labute approximate surface area is 355 Å². The predicted octanol–water partition coefficient (Wildman–Crippen LogP) is 16.0. The SMILES string of the molecule is Cc1ccc(N(c2ccc(C)cc2)c2ccc3cc4c(cc3c2)oc2c4cc(N(C)C)c3oc4cc5cc(N(c6ccc(C)cc6)c6ccc(C)cc6)ccc5cc4c32)cc1. The summed E-state index contributed by atoms with van der Waals surface area (Å²) in [7, 11) is 4.16. The first kappa shape index (κ1) is 36.6. The van der Waals surface area contributed by atoms with Crippen LogP contribution in [0.15, 0.2) is 173 Å². The molecule has 0 N–H and O–H groups in total. The van der Waals surface area contributed by atoms with E-state index in [2.05, 4.69) is 220 Å². The first-order valence-corrected chi connectivity index (χ1v) is 20.9. The quantitative estimate of drug-likeness (QED) is 0.161. The van der Waals surface area contributed by atoms with Crippen LogP contribution in [0, 0.1) is 27.7 Å². The van der Waals surface area contributed by atoms with Gasteiger partial charge in [-0.1, -0.05) is 82.9 Å². The molecule has 0 radical (unpaired) electrons. The van der Waals surface area contributed by atoms with Crippen LogP contribution in [0.2, 0.25) is 0 Å². The standard InChI is InChI=1S/C56H45N3O2/c1-34-7-17-42(18-8-34)58(43-19-9-35(2)10-20-43)46-25-15-38-29-48-49-33-51(57(5)6)56-54(55(49)60-52(48)31-40(38)27-46)50-30-39-16-26-47(28-41(39)32-53(50)61-56)59(44-21-11-36(3)12-22-44)45-23-13-37(4)14-24-45/h7-33H,1-6H3. The molecule has 0 aliphatic heterocycles. The largest absolute Gasteiger partial charge is 0.455 e. The van der Waals surface area contributed by atoms with Gasteiger partial charge in [0, 0.05) is 64.4 Å². The van der Waals surface area contributed by atoms with E-state index in [1.165, 1.54) is 22.3 Å². The zero-order chi connectivity index (χ0) is 41.5. The molecule has 0 amide bonds. The van der Waals surface area contributed by atoms with E-state index in [4.69, 9.17) is 8.83 Å². The summed E-state index contributed by atoms with van der Waals surface area (Å²) < 4.78 is 13.8. The van der Waals surface area contributed by atoms with Crippen molar-refractivity contribution >= 4 is 105 Å². The molecular weight excluding hydrogens is 747 g/mol. The highest BCUT2D eigenvalue weighted by atomic mass is 16.3. The summed E-state index contributed by atoms with van der Waals surface area (Å²) in [6.45, 7) is 8.51. The fraction of sp³-hybridized carbons (Fsp3) is 0.107. The van der Waals surface area contributed by atoms with Gasteiger partial charge < -0.3 is 23.5 Å². The van der Waals surface area contributed by atoms with Crippen LogP contribution in [0.5, 0.6) is 0 Å². The second kappa shape index (κ2) is 14.1. The van der Waals surface area contributed by atoms with Crippen molar-refractivity contribution in [2.45, 2.75) is 27.7 Å². The van der Waals surface area contributed by atoms with Crippen molar-refractivity contribution in [3.63, 3.8) is 0 Å². The zero-order valence-electron chi connectivity index (χ0n) is 35.2. The van der Waals surface area contributed by atoms with Crippen LogP contribution in [0.25, 0.3) is 65.4 Å². The molecule has 11 aromatic rings. The van der Waals surface area contributed by atoms with Gasteiger partial charge in [-0.15, -0.1) is 0 Å². The molecule has 2 aromatic heterocycles. The molecule has 0 aliphatic rings. The van der Waals surface area contributed by atoms with Crippen LogP contribution in [-0.4, -0.2) is 14.1 Å². The highest BCUT2D eigenvalue weighted by Crippen LogP contribution is 2.46. The van der Waals surface area contributed by atoms with E-state index in [0.29, 0.717) is 0 Å². The summed E-state index contributed by atoms with van der Waals surface area (Å²) >= 11 is 0. The molecule has 0 bridgehead atoms. The van der Waals surface area contributed by atoms with Crippen LogP contribution < -0.4 is 14.7 Å². The molecule has 0 saturated carbocycles. The smallest absolute Gasteiger partial charge is 0.162 e. The van der Waals surface area contributed by atoms with Crippen LogP contribution in [0.3, 0.4) is 0 Å². The molecule has 0 saturated heterocycles. The number of rotatable bonds is 7. The maximum Gasteiger partial charge on any atom is 0.162 e. The van der Waals surface area contributed by atoms with Crippen molar-refractivity contribution < 1.29 is 8.83 Å². The Bertz CT molecular complexity index is 3380. The van der Waals surface area contributed by atoms with Gasteiger partial charge in [-0.25, -0.2) is 0 Å². The number of benzene rings is 9. The summed E-state index contributed by atoms with van der Waals surface area (Å²) in [5, 5.41) is 8.70. The molecule has 0 unspecified atom stereocenters. The Kier molecular flexibility index (Phi) is 8.43. The maximum absolute atomic E-state index is 6.95. The molecule has 61 heavy (non-hydrogen) atoms. The van der Waals surface area contributed by atoms with Crippen molar-refractivity contribution in [3.8, 4) is 0 Å². The minimum atomic E-state index is 0.821. The number of hydrogen-bond donors (Lipinski definition) is 0. The zero-order valence-corrected chi connectivity index (χ0v) is 35.2. The number of furan rings is 2. The van der Waals surface area contributed by atoms with E-state index in [9.17, 15) is 0 Å². The summed E-state index contributed by atoms with van der Waals surface area (Å²) in [6, 6.07) is 59.5. The molecule has 2 heterocycles. The third-order valence-corrected chi connectivity index (χ3v) is 12.2. The van der Waals surface area contributed by atoms with Gasteiger partial charge in [0.25, 0.3) is 0 Å². The van der Waals surface area contributed by atoms with Crippen LogP contribution in [-0.2, 0) is 0 Å². The molecule has 0 spiro atoms. The number of nitrogens with zero attached hydrogens (tertiary/aromatic N) is 3. The molecule has 296 valence electrons. The van der Waals surface area contributed by atoms with Crippen LogP contribution in [0.4, 0.5) is 39.8 Å². The fourth-order valence-corrected chi connectivity index (χ4v) is 8.89. The molecule has 0 aliphatic carbocycles. The first-order chi connectivity index (χ1) is 29.6. The highest BCUT2D eigenvalue weighted by molar-refractivity contribution is 6.27. The van der Waals surface area contributed by atoms with E-state index in [1.54, 1.807) is 0 Å². The third kappa shape index (κ3) is 6.24. The van der Waals surface area contributed by atoms with Crippen molar-refractivity contribution in [3.05, 3.63) is 186 Å². The Morgan fingerprint density at radius 3 is 1.13 bits per heavy atom. The molecule has 5 nitrogen and oxygen atoms in total. The van der Waals surface area contributed by atoms with Crippen molar-refractivity contribution in [1.29, 1.82) is 0 Å². The molecule has 11 rings (SSSR count). The minimum absolute atomic E-state index is 0.821. The minimum Gasteiger partial charge on any atom is -0.455 e. The van der Waals surface area contributed by atoms with Gasteiger partial charge in [-0.2, -0.15) is 0 Å². The van der Waals surface area contributed by atoms with E-state index in [1.807, 2.05) is 0 Å². The lowest BCUT2D eigenvalue weighted by Gasteiger charge is -2.26. The number of hydrogen-bond acceptors (Lipinski definition) is 5. The Hall–Kier alpha value is -7.50. The van der Waals surface area contributed by atoms with Gasteiger partial charge in [0.15, 0.2) is 5.58 Å². The van der Waals surface area contributed by atoms with E-state index in [-0.39, 0.29) is 0 Å². The normalized spacial score (nSPS) is 11.8. The average Bonchev–Trinajstić information content (AvgIpc) is 3.81. The van der Waals surface area contributed by atoms with E-state index >= 15 is 0 Å². The molecule has 0 fully saturated rings. The summed E-state index contributed by atoms with van der Waals surface area (Å²) in [5.74, 6) is 0. The van der Waals surface area contributed by atoms with Gasteiger partial charge in [0.1, 0.15) is 16.7 Å². The van der Waals surface area contributed by atoms with Crippen molar-refractivity contribution in [2.24, 2.45) is 0 Å². The van der Waals surface area contributed by atoms with E-state index < -0.39 is 0 Å². The third-order valence-electron chi connectivity index (χ3n) is 12.2. The highest BCUT2D eigenvalue weighted by Gasteiger charge is 2.23. The van der Waals surface area contributed by atoms with Gasteiger partial charge in [-0.3, -0.25) is 0 Å². The molecule has 5 heteroatoms. The Balaban J connectivity index is 1.07. The Morgan fingerprint density at radius 1 is 0.328 bits per heavy atom. The predicted molar refractivity (Wildman–Crippen MR) is 259 cm³/mol. The topological polar surface area (TPSA) is 36.0 Å². The fourth-order valence-electron chi connectivity index (χ4n) is 8.89. The lowest BCUT2D eigenvalue weighted by Crippen LogP contribution is -2.09. The van der Waals surface area contributed by atoms with Gasteiger partial charge in [0.2, 0.25) is 0 Å². The van der Waals surface area contributed by atoms with Crippen molar-refractivity contribution in [1.82, 2.24) is 0 Å². The van der Waals surface area contributed by atoms with E-state index in [0.717, 1.165) is 105 Å².